The Bertz CT molecular complexity index is 1430. The zero-order chi connectivity index (χ0) is 25.7. The number of hydrogen-bond acceptors (Lipinski definition) is 5. The lowest BCUT2D eigenvalue weighted by molar-refractivity contribution is -0.116. The number of rotatable bonds is 9. The summed E-state index contributed by atoms with van der Waals surface area (Å²) in [6, 6.07) is 23.5. The van der Waals surface area contributed by atoms with Crippen LogP contribution in [0.25, 0.3) is 16.9 Å². The lowest BCUT2D eigenvalue weighted by atomic mass is 10.1. The maximum atomic E-state index is 13.1. The van der Waals surface area contributed by atoms with E-state index in [2.05, 4.69) is 10.3 Å². The molecule has 4 aromatic rings. The Labute approximate surface area is 211 Å². The molecule has 0 aliphatic heterocycles. The van der Waals surface area contributed by atoms with E-state index in [1.807, 2.05) is 67.7 Å². The smallest absolute Gasteiger partial charge is 0.243 e. The van der Waals surface area contributed by atoms with Crippen LogP contribution >= 0.6 is 0 Å². The van der Waals surface area contributed by atoms with E-state index in [0.717, 1.165) is 26.9 Å². The molecule has 1 N–H and O–H groups in total. The van der Waals surface area contributed by atoms with Crippen LogP contribution in [0.5, 0.6) is 5.75 Å². The first-order chi connectivity index (χ1) is 17.3. The van der Waals surface area contributed by atoms with Crippen LogP contribution < -0.4 is 10.1 Å². The van der Waals surface area contributed by atoms with Gasteiger partial charge in [0.15, 0.2) is 0 Å². The van der Waals surface area contributed by atoms with Crippen molar-refractivity contribution in [1.82, 2.24) is 13.9 Å². The number of imidazole rings is 1. The van der Waals surface area contributed by atoms with E-state index in [1.54, 1.807) is 42.9 Å². The molecule has 36 heavy (non-hydrogen) atoms. The lowest BCUT2D eigenvalue weighted by Gasteiger charge is -2.20. The summed E-state index contributed by atoms with van der Waals surface area (Å²) in [5, 5.41) is 2.80. The van der Waals surface area contributed by atoms with Gasteiger partial charge in [0, 0.05) is 24.0 Å². The van der Waals surface area contributed by atoms with Crippen molar-refractivity contribution in [3.8, 4) is 22.7 Å². The van der Waals surface area contributed by atoms with Gasteiger partial charge in [0.05, 0.1) is 24.2 Å². The van der Waals surface area contributed by atoms with Gasteiger partial charge in [0.2, 0.25) is 21.9 Å². The van der Waals surface area contributed by atoms with Crippen LogP contribution in [0.15, 0.2) is 90.0 Å². The van der Waals surface area contributed by atoms with Crippen LogP contribution in [0.1, 0.15) is 12.5 Å². The second kappa shape index (κ2) is 10.8. The topological polar surface area (TPSA) is 93.5 Å². The lowest BCUT2D eigenvalue weighted by Crippen LogP contribution is -2.38. The van der Waals surface area contributed by atoms with Crippen LogP contribution in [0.3, 0.4) is 0 Å². The van der Waals surface area contributed by atoms with E-state index in [9.17, 15) is 13.2 Å². The molecule has 0 unspecified atom stereocenters. The number of carbonyl (C=O) groups excluding carboxylic acids is 1. The number of carbonyl (C=O) groups is 1. The Morgan fingerprint density at radius 1 is 1.00 bits per heavy atom. The number of sulfonamides is 1. The van der Waals surface area contributed by atoms with Gasteiger partial charge < -0.3 is 4.74 Å². The van der Waals surface area contributed by atoms with Gasteiger partial charge in [-0.15, -0.1) is 0 Å². The van der Waals surface area contributed by atoms with Crippen LogP contribution in [0.2, 0.25) is 0 Å². The maximum Gasteiger partial charge on any atom is 0.243 e. The molecule has 0 fully saturated rings. The van der Waals surface area contributed by atoms with Gasteiger partial charge in [-0.3, -0.25) is 14.7 Å². The van der Waals surface area contributed by atoms with Crippen molar-refractivity contribution >= 4 is 21.9 Å². The highest BCUT2D eigenvalue weighted by atomic mass is 32.2. The standard InChI is InChI=1S/C27H28N4O4S/c1-4-30(36(33,34)24-16-10-20(2)11-17-24)19-26(32)29-27-28-25(21-12-14-23(35-3)15-13-21)18-31(27)22-8-6-5-7-9-22/h5-18H,4,19H2,1-3H3,(H,28,29,32). The van der Waals surface area contributed by atoms with Crippen LogP contribution in [0.4, 0.5) is 5.95 Å². The van der Waals surface area contributed by atoms with E-state index in [0.29, 0.717) is 11.6 Å². The average Bonchev–Trinajstić information content (AvgIpc) is 3.31. The fourth-order valence-corrected chi connectivity index (χ4v) is 5.11. The number of likely N-dealkylation sites (N-methyl/N-ethyl adjacent to an activating group) is 1. The monoisotopic (exact) mass is 504 g/mol. The van der Waals surface area contributed by atoms with Gasteiger partial charge in [-0.05, 0) is 55.5 Å². The molecular weight excluding hydrogens is 476 g/mol. The van der Waals surface area contributed by atoms with E-state index in [4.69, 9.17) is 4.74 Å². The van der Waals surface area contributed by atoms with Crippen molar-refractivity contribution in [3.05, 3.63) is 90.6 Å². The molecule has 0 aliphatic carbocycles. The van der Waals surface area contributed by atoms with Crippen LogP contribution in [-0.2, 0) is 14.8 Å². The van der Waals surface area contributed by atoms with E-state index in [1.165, 1.54) is 0 Å². The Morgan fingerprint density at radius 3 is 2.28 bits per heavy atom. The fourth-order valence-electron chi connectivity index (χ4n) is 3.71. The highest BCUT2D eigenvalue weighted by Gasteiger charge is 2.26. The maximum absolute atomic E-state index is 13.1. The highest BCUT2D eigenvalue weighted by Crippen LogP contribution is 2.26. The molecule has 9 heteroatoms. The van der Waals surface area contributed by atoms with E-state index >= 15 is 0 Å². The molecule has 0 bridgehead atoms. The van der Waals surface area contributed by atoms with Crippen molar-refractivity contribution < 1.29 is 17.9 Å². The van der Waals surface area contributed by atoms with Crippen molar-refractivity contribution in [1.29, 1.82) is 0 Å². The minimum absolute atomic E-state index is 0.147. The minimum Gasteiger partial charge on any atom is -0.497 e. The molecular formula is C27H28N4O4S. The first kappa shape index (κ1) is 25.2. The number of nitrogens with one attached hydrogen (secondary N) is 1. The summed E-state index contributed by atoms with van der Waals surface area (Å²) in [5.74, 6) is 0.529. The molecule has 0 aliphatic rings. The predicted octanol–water partition coefficient (Wildman–Crippen LogP) is 4.51. The SMILES string of the molecule is CCN(CC(=O)Nc1nc(-c2ccc(OC)cc2)cn1-c1ccccc1)S(=O)(=O)c1ccc(C)cc1. The summed E-state index contributed by atoms with van der Waals surface area (Å²) in [6.07, 6.45) is 1.83. The van der Waals surface area contributed by atoms with Gasteiger partial charge in [-0.2, -0.15) is 4.31 Å². The van der Waals surface area contributed by atoms with Crippen molar-refractivity contribution in [2.24, 2.45) is 0 Å². The number of methoxy groups -OCH3 is 1. The second-order valence-corrected chi connectivity index (χ2v) is 10.1. The number of aryl methyl sites for hydroxylation is 1. The number of aromatic nitrogens is 2. The fraction of sp³-hybridized carbons (Fsp3) is 0.185. The predicted molar refractivity (Wildman–Crippen MR) is 140 cm³/mol. The highest BCUT2D eigenvalue weighted by molar-refractivity contribution is 7.89. The molecule has 1 aromatic heterocycles. The number of benzene rings is 3. The number of amides is 1. The summed E-state index contributed by atoms with van der Waals surface area (Å²) in [5.41, 5.74) is 3.25. The summed E-state index contributed by atoms with van der Waals surface area (Å²) in [6.45, 7) is 3.39. The molecule has 186 valence electrons. The molecule has 0 spiro atoms. The Kier molecular flexibility index (Phi) is 7.52. The van der Waals surface area contributed by atoms with Gasteiger partial charge in [0.1, 0.15) is 5.75 Å². The number of hydrogen-bond donors (Lipinski definition) is 1. The van der Waals surface area contributed by atoms with Crippen molar-refractivity contribution in [3.63, 3.8) is 0 Å². The third-order valence-electron chi connectivity index (χ3n) is 5.71. The van der Waals surface area contributed by atoms with Crippen LogP contribution in [0, 0.1) is 6.92 Å². The summed E-state index contributed by atoms with van der Waals surface area (Å²) in [4.78, 5) is 17.8. The van der Waals surface area contributed by atoms with Gasteiger partial charge in [-0.1, -0.05) is 42.8 Å². The average molecular weight is 505 g/mol. The first-order valence-corrected chi connectivity index (χ1v) is 12.9. The Balaban J connectivity index is 1.61. The Morgan fingerprint density at radius 2 is 1.67 bits per heavy atom. The van der Waals surface area contributed by atoms with Gasteiger partial charge in [0.25, 0.3) is 0 Å². The van der Waals surface area contributed by atoms with Gasteiger partial charge in [-0.25, -0.2) is 13.4 Å². The summed E-state index contributed by atoms with van der Waals surface area (Å²) in [7, 11) is -2.23. The molecule has 8 nitrogen and oxygen atoms in total. The minimum atomic E-state index is -3.83. The van der Waals surface area contributed by atoms with Crippen molar-refractivity contribution in [2.75, 3.05) is 25.5 Å². The normalized spacial score (nSPS) is 11.4. The van der Waals surface area contributed by atoms with E-state index < -0.39 is 15.9 Å². The van der Waals surface area contributed by atoms with E-state index in [-0.39, 0.29) is 18.0 Å². The number of nitrogens with zero attached hydrogens (tertiary/aromatic N) is 3. The van der Waals surface area contributed by atoms with Crippen molar-refractivity contribution in [2.45, 2.75) is 18.7 Å². The molecule has 0 saturated heterocycles. The molecule has 1 amide bonds. The zero-order valence-corrected chi connectivity index (χ0v) is 21.2. The van der Waals surface area contributed by atoms with Gasteiger partial charge >= 0.3 is 0 Å². The Hall–Kier alpha value is -3.95. The zero-order valence-electron chi connectivity index (χ0n) is 20.4. The summed E-state index contributed by atoms with van der Waals surface area (Å²) >= 11 is 0. The van der Waals surface area contributed by atoms with Crippen LogP contribution in [-0.4, -0.2) is 48.4 Å². The largest absolute Gasteiger partial charge is 0.497 e. The molecule has 0 atom stereocenters. The second-order valence-electron chi connectivity index (χ2n) is 8.18. The number of anilines is 1. The summed E-state index contributed by atoms with van der Waals surface area (Å²) < 4.78 is 34.4. The third kappa shape index (κ3) is 5.48. The molecule has 4 rings (SSSR count). The first-order valence-electron chi connectivity index (χ1n) is 11.5. The number of ether oxygens (including phenoxy) is 1. The third-order valence-corrected chi connectivity index (χ3v) is 7.64. The molecule has 3 aromatic carbocycles. The molecule has 1 heterocycles. The molecule has 0 saturated carbocycles. The number of para-hydroxylation sites is 1. The quantitative estimate of drug-likeness (QED) is 0.362. The molecule has 0 radical (unpaired) electrons.